The Kier molecular flexibility index (Phi) is 3.87. The van der Waals surface area contributed by atoms with Gasteiger partial charge in [0.25, 0.3) is 5.91 Å². The number of carbonyl (C=O) groups is 2. The third kappa shape index (κ3) is 3.07. The first-order valence-corrected chi connectivity index (χ1v) is 8.40. The molecule has 2 heterocycles. The van der Waals surface area contributed by atoms with Crippen LogP contribution in [0.1, 0.15) is 34.3 Å². The van der Waals surface area contributed by atoms with Gasteiger partial charge in [0.2, 0.25) is 5.91 Å². The van der Waals surface area contributed by atoms with Crippen molar-refractivity contribution in [2.75, 3.05) is 22.5 Å². The van der Waals surface area contributed by atoms with Crippen molar-refractivity contribution in [3.63, 3.8) is 0 Å². The normalized spacial score (nSPS) is 15.5. The summed E-state index contributed by atoms with van der Waals surface area (Å²) < 4.78 is 14.3. The molecule has 0 unspecified atom stereocenters. The SMILES string of the molecule is O=C1CCc2cc(C(=O)Nc3ccc4c(c3)CCCN4)c(F)cc2N1. The fourth-order valence-corrected chi connectivity index (χ4v) is 3.33. The van der Waals surface area contributed by atoms with Crippen molar-refractivity contribution in [2.45, 2.75) is 25.7 Å². The van der Waals surface area contributed by atoms with Crippen LogP contribution in [0.5, 0.6) is 0 Å². The number of amides is 2. The Morgan fingerprint density at radius 3 is 2.76 bits per heavy atom. The van der Waals surface area contributed by atoms with Gasteiger partial charge in [-0.1, -0.05) is 0 Å². The number of aryl methyl sites for hydroxylation is 2. The number of hydrogen-bond donors (Lipinski definition) is 3. The first-order chi connectivity index (χ1) is 12.1. The number of nitrogens with one attached hydrogen (secondary N) is 3. The van der Waals surface area contributed by atoms with Crippen LogP contribution in [0.15, 0.2) is 30.3 Å². The van der Waals surface area contributed by atoms with E-state index in [0.29, 0.717) is 24.2 Å². The molecule has 0 fully saturated rings. The zero-order valence-electron chi connectivity index (χ0n) is 13.6. The summed E-state index contributed by atoms with van der Waals surface area (Å²) in [7, 11) is 0. The number of benzene rings is 2. The van der Waals surface area contributed by atoms with Gasteiger partial charge in [0, 0.05) is 30.0 Å². The van der Waals surface area contributed by atoms with Gasteiger partial charge >= 0.3 is 0 Å². The number of rotatable bonds is 2. The van der Waals surface area contributed by atoms with Crippen molar-refractivity contribution < 1.29 is 14.0 Å². The third-order valence-corrected chi connectivity index (χ3v) is 4.63. The Labute approximate surface area is 144 Å². The molecule has 4 rings (SSSR count). The highest BCUT2D eigenvalue weighted by molar-refractivity contribution is 6.05. The van der Waals surface area contributed by atoms with Crippen LogP contribution in [0.4, 0.5) is 21.5 Å². The Morgan fingerprint density at radius 1 is 1.04 bits per heavy atom. The van der Waals surface area contributed by atoms with Crippen molar-refractivity contribution in [3.05, 3.63) is 52.8 Å². The lowest BCUT2D eigenvalue weighted by molar-refractivity contribution is -0.116. The van der Waals surface area contributed by atoms with E-state index >= 15 is 0 Å². The average molecular weight is 339 g/mol. The van der Waals surface area contributed by atoms with Crippen LogP contribution in [0, 0.1) is 5.82 Å². The van der Waals surface area contributed by atoms with Crippen LogP contribution in [-0.4, -0.2) is 18.4 Å². The molecule has 5 nitrogen and oxygen atoms in total. The van der Waals surface area contributed by atoms with Gasteiger partial charge in [0.1, 0.15) is 5.82 Å². The Hall–Kier alpha value is -2.89. The number of fused-ring (bicyclic) bond motifs is 2. The fraction of sp³-hybridized carbons (Fsp3) is 0.263. The maximum Gasteiger partial charge on any atom is 0.258 e. The Balaban J connectivity index is 1.58. The van der Waals surface area contributed by atoms with E-state index in [2.05, 4.69) is 16.0 Å². The van der Waals surface area contributed by atoms with Crippen molar-refractivity contribution in [2.24, 2.45) is 0 Å². The second kappa shape index (κ2) is 6.20. The summed E-state index contributed by atoms with van der Waals surface area (Å²) in [5, 5.41) is 8.72. The fourth-order valence-electron chi connectivity index (χ4n) is 3.33. The first kappa shape index (κ1) is 15.6. The van der Waals surface area contributed by atoms with Gasteiger partial charge < -0.3 is 16.0 Å². The summed E-state index contributed by atoms with van der Waals surface area (Å²) in [6.07, 6.45) is 2.86. The molecule has 0 radical (unpaired) electrons. The van der Waals surface area contributed by atoms with E-state index in [1.807, 2.05) is 18.2 Å². The van der Waals surface area contributed by atoms with E-state index < -0.39 is 11.7 Å². The topological polar surface area (TPSA) is 70.2 Å². The van der Waals surface area contributed by atoms with E-state index in [0.717, 1.165) is 36.2 Å². The minimum absolute atomic E-state index is 0.00857. The molecule has 2 aliphatic rings. The van der Waals surface area contributed by atoms with Crippen LogP contribution in [0.3, 0.4) is 0 Å². The summed E-state index contributed by atoms with van der Waals surface area (Å²) in [5.41, 5.74) is 4.10. The van der Waals surface area contributed by atoms with Crippen molar-refractivity contribution >= 4 is 28.9 Å². The minimum atomic E-state index is -0.641. The van der Waals surface area contributed by atoms with E-state index in [1.165, 1.54) is 12.1 Å². The molecule has 0 spiro atoms. The zero-order chi connectivity index (χ0) is 17.4. The Bertz CT molecular complexity index is 879. The lowest BCUT2D eigenvalue weighted by Gasteiger charge is -2.19. The molecule has 2 aromatic carbocycles. The maximum atomic E-state index is 14.3. The molecular weight excluding hydrogens is 321 g/mol. The maximum absolute atomic E-state index is 14.3. The second-order valence-electron chi connectivity index (χ2n) is 6.39. The summed E-state index contributed by atoms with van der Waals surface area (Å²) >= 11 is 0. The smallest absolute Gasteiger partial charge is 0.258 e. The largest absolute Gasteiger partial charge is 0.385 e. The van der Waals surface area contributed by atoms with Crippen LogP contribution < -0.4 is 16.0 Å². The molecule has 2 amide bonds. The van der Waals surface area contributed by atoms with Gasteiger partial charge in [-0.05, 0) is 60.7 Å². The highest BCUT2D eigenvalue weighted by Crippen LogP contribution is 2.28. The third-order valence-electron chi connectivity index (χ3n) is 4.63. The number of hydrogen-bond acceptors (Lipinski definition) is 3. The first-order valence-electron chi connectivity index (χ1n) is 8.40. The minimum Gasteiger partial charge on any atom is -0.385 e. The number of carbonyl (C=O) groups excluding carboxylic acids is 2. The monoisotopic (exact) mass is 339 g/mol. The highest BCUT2D eigenvalue weighted by atomic mass is 19.1. The molecule has 6 heteroatoms. The molecule has 0 aromatic heterocycles. The number of anilines is 3. The van der Waals surface area contributed by atoms with E-state index in [-0.39, 0.29) is 11.5 Å². The summed E-state index contributed by atoms with van der Waals surface area (Å²) in [4.78, 5) is 23.9. The van der Waals surface area contributed by atoms with Gasteiger partial charge in [-0.15, -0.1) is 0 Å². The predicted octanol–water partition coefficient (Wildman–Crippen LogP) is 3.32. The van der Waals surface area contributed by atoms with Crippen LogP contribution >= 0.6 is 0 Å². The van der Waals surface area contributed by atoms with Crippen LogP contribution in [-0.2, 0) is 17.6 Å². The van der Waals surface area contributed by atoms with Gasteiger partial charge in [-0.2, -0.15) is 0 Å². The summed E-state index contributed by atoms with van der Waals surface area (Å²) in [6.45, 7) is 0.954. The van der Waals surface area contributed by atoms with E-state index in [4.69, 9.17) is 0 Å². The molecule has 0 saturated heterocycles. The van der Waals surface area contributed by atoms with Gasteiger partial charge in [0.05, 0.1) is 5.56 Å². The Morgan fingerprint density at radius 2 is 1.88 bits per heavy atom. The quantitative estimate of drug-likeness (QED) is 0.786. The molecule has 128 valence electrons. The standard InChI is InChI=1S/C19H18FN3O2/c20-15-10-17-12(3-6-18(24)23-17)9-14(15)19(25)22-13-4-5-16-11(8-13)2-1-7-21-16/h4-5,8-10,21H,1-3,6-7H2,(H,22,25)(H,23,24). The summed E-state index contributed by atoms with van der Waals surface area (Å²) in [6, 6.07) is 8.42. The molecule has 0 aliphatic carbocycles. The molecule has 3 N–H and O–H groups in total. The lowest BCUT2D eigenvalue weighted by Crippen LogP contribution is -2.21. The van der Waals surface area contributed by atoms with Crippen LogP contribution in [0.2, 0.25) is 0 Å². The summed E-state index contributed by atoms with van der Waals surface area (Å²) in [5.74, 6) is -1.26. The molecule has 0 atom stereocenters. The molecular formula is C19H18FN3O2. The van der Waals surface area contributed by atoms with Gasteiger partial charge in [-0.25, -0.2) is 4.39 Å². The molecule has 2 aromatic rings. The molecule has 0 bridgehead atoms. The van der Waals surface area contributed by atoms with Crippen molar-refractivity contribution in [1.29, 1.82) is 0 Å². The lowest BCUT2D eigenvalue weighted by atomic mass is 9.99. The van der Waals surface area contributed by atoms with E-state index in [1.54, 1.807) is 0 Å². The molecule has 2 aliphatic heterocycles. The van der Waals surface area contributed by atoms with Crippen molar-refractivity contribution in [1.82, 2.24) is 0 Å². The van der Waals surface area contributed by atoms with Crippen molar-refractivity contribution in [3.8, 4) is 0 Å². The van der Waals surface area contributed by atoms with Gasteiger partial charge in [-0.3, -0.25) is 9.59 Å². The highest BCUT2D eigenvalue weighted by Gasteiger charge is 2.21. The molecule has 25 heavy (non-hydrogen) atoms. The average Bonchev–Trinajstić information content (AvgIpc) is 2.61. The zero-order valence-corrected chi connectivity index (χ0v) is 13.6. The van der Waals surface area contributed by atoms with Crippen LogP contribution in [0.25, 0.3) is 0 Å². The van der Waals surface area contributed by atoms with E-state index in [9.17, 15) is 14.0 Å². The molecule has 0 saturated carbocycles. The second-order valence-corrected chi connectivity index (χ2v) is 6.39. The number of halogens is 1. The predicted molar refractivity (Wildman–Crippen MR) is 94.6 cm³/mol. The van der Waals surface area contributed by atoms with Gasteiger partial charge in [0.15, 0.2) is 0 Å².